The van der Waals surface area contributed by atoms with E-state index in [4.69, 9.17) is 4.74 Å². The molecular weight excluding hydrogens is 404 g/mol. The van der Waals surface area contributed by atoms with Gasteiger partial charge in [-0.05, 0) is 37.1 Å². The number of amides is 1. The van der Waals surface area contributed by atoms with Gasteiger partial charge in [-0.3, -0.25) is 9.59 Å². The number of Topliss-reactive ketones (excluding diaryl/α,β-unsaturated/α-hetero) is 1. The lowest BCUT2D eigenvalue weighted by Gasteiger charge is -2.07. The molecule has 3 rings (SSSR count). The maximum absolute atomic E-state index is 12.6. The van der Waals surface area contributed by atoms with E-state index in [0.29, 0.717) is 11.1 Å². The first-order valence-corrected chi connectivity index (χ1v) is 10.3. The van der Waals surface area contributed by atoms with E-state index in [1.807, 2.05) is 61.5 Å². The quantitative estimate of drug-likeness (QED) is 0.246. The summed E-state index contributed by atoms with van der Waals surface area (Å²) in [6.07, 6.45) is -0.283. The van der Waals surface area contributed by atoms with Gasteiger partial charge in [-0.25, -0.2) is 10.2 Å². The first-order valence-electron chi connectivity index (χ1n) is 10.3. The molecule has 0 radical (unpaired) electrons. The number of esters is 1. The number of carbonyl (C=O) groups excluding carboxylic acids is 3. The van der Waals surface area contributed by atoms with Crippen molar-refractivity contribution in [2.24, 2.45) is 5.10 Å². The highest BCUT2D eigenvalue weighted by molar-refractivity contribution is 6.40. The fraction of sp³-hybridized carbons (Fsp3) is 0.154. The van der Waals surface area contributed by atoms with Crippen LogP contribution in [0.2, 0.25) is 0 Å². The number of nitrogens with one attached hydrogen (secondary N) is 1. The number of benzene rings is 3. The van der Waals surface area contributed by atoms with Gasteiger partial charge < -0.3 is 4.74 Å². The predicted molar refractivity (Wildman–Crippen MR) is 124 cm³/mol. The van der Waals surface area contributed by atoms with Crippen molar-refractivity contribution in [1.82, 2.24) is 5.43 Å². The zero-order valence-electron chi connectivity index (χ0n) is 18.0. The molecular formula is C26H24N2O4. The van der Waals surface area contributed by atoms with Crippen molar-refractivity contribution in [2.75, 3.05) is 6.61 Å². The minimum Gasteiger partial charge on any atom is -0.461 e. The standard InChI is InChI=1S/C26H24N2O4/c1-3-32-26(31)23(17-24(29)21-11-9-18(2)10-12-21)27-28-25(30)22-15-13-20(14-16-22)19-7-5-4-6-8-19/h4-16H,3,17H2,1-2H3,(H,28,30)/b27-23-. The van der Waals surface area contributed by atoms with Crippen LogP contribution in [-0.2, 0) is 9.53 Å². The Bertz CT molecular complexity index is 1120. The molecule has 0 atom stereocenters. The Morgan fingerprint density at radius 2 is 1.41 bits per heavy atom. The van der Waals surface area contributed by atoms with E-state index in [1.165, 1.54) is 0 Å². The minimum absolute atomic E-state index is 0.130. The van der Waals surface area contributed by atoms with E-state index in [1.54, 1.807) is 31.2 Å². The topological polar surface area (TPSA) is 84.8 Å². The zero-order valence-corrected chi connectivity index (χ0v) is 18.0. The monoisotopic (exact) mass is 428 g/mol. The van der Waals surface area contributed by atoms with Crippen molar-refractivity contribution in [1.29, 1.82) is 0 Å². The van der Waals surface area contributed by atoms with Gasteiger partial charge in [-0.15, -0.1) is 0 Å². The molecule has 0 aliphatic carbocycles. The highest BCUT2D eigenvalue weighted by atomic mass is 16.5. The van der Waals surface area contributed by atoms with Crippen LogP contribution in [0.3, 0.4) is 0 Å². The zero-order chi connectivity index (χ0) is 22.9. The second-order valence-electron chi connectivity index (χ2n) is 7.13. The Kier molecular flexibility index (Phi) is 7.65. The fourth-order valence-electron chi connectivity index (χ4n) is 2.99. The van der Waals surface area contributed by atoms with E-state index < -0.39 is 11.9 Å². The SMILES string of the molecule is CCOC(=O)/C(CC(=O)c1ccc(C)cc1)=N\NC(=O)c1ccc(-c2ccccc2)cc1. The normalized spacial score (nSPS) is 11.0. The Morgan fingerprint density at radius 3 is 2.03 bits per heavy atom. The number of ether oxygens (including phenoxy) is 1. The summed E-state index contributed by atoms with van der Waals surface area (Å²) in [6, 6.07) is 23.8. The van der Waals surface area contributed by atoms with Crippen LogP contribution in [-0.4, -0.2) is 30.0 Å². The molecule has 1 N–H and O–H groups in total. The van der Waals surface area contributed by atoms with Crippen molar-refractivity contribution in [3.63, 3.8) is 0 Å². The summed E-state index contributed by atoms with van der Waals surface area (Å²) in [4.78, 5) is 37.3. The third-order valence-corrected chi connectivity index (χ3v) is 4.76. The van der Waals surface area contributed by atoms with Crippen LogP contribution in [0, 0.1) is 6.92 Å². The molecule has 162 valence electrons. The Balaban J connectivity index is 1.72. The molecule has 1 amide bonds. The van der Waals surface area contributed by atoms with E-state index in [9.17, 15) is 14.4 Å². The summed E-state index contributed by atoms with van der Waals surface area (Å²) in [5.41, 5.74) is 6.06. The van der Waals surface area contributed by atoms with Gasteiger partial charge in [0.1, 0.15) is 0 Å². The van der Waals surface area contributed by atoms with E-state index in [0.717, 1.165) is 16.7 Å². The molecule has 0 saturated carbocycles. The van der Waals surface area contributed by atoms with Crippen molar-refractivity contribution in [3.8, 4) is 11.1 Å². The van der Waals surface area contributed by atoms with Crippen LogP contribution < -0.4 is 5.43 Å². The molecule has 0 fully saturated rings. The number of hydrogen-bond acceptors (Lipinski definition) is 5. The number of hydrogen-bond donors (Lipinski definition) is 1. The summed E-state index contributed by atoms with van der Waals surface area (Å²) in [5, 5.41) is 3.90. The number of carbonyl (C=O) groups is 3. The largest absolute Gasteiger partial charge is 0.461 e. The van der Waals surface area contributed by atoms with Crippen LogP contribution in [0.1, 0.15) is 39.6 Å². The van der Waals surface area contributed by atoms with Crippen molar-refractivity contribution < 1.29 is 19.1 Å². The number of nitrogens with zero attached hydrogens (tertiary/aromatic N) is 1. The van der Waals surface area contributed by atoms with Gasteiger partial charge in [0.05, 0.1) is 13.0 Å². The highest BCUT2D eigenvalue weighted by Gasteiger charge is 2.19. The molecule has 3 aromatic carbocycles. The smallest absolute Gasteiger partial charge is 0.354 e. The first-order chi connectivity index (χ1) is 15.5. The average Bonchev–Trinajstić information content (AvgIpc) is 2.82. The van der Waals surface area contributed by atoms with Crippen LogP contribution >= 0.6 is 0 Å². The summed E-state index contributed by atoms with van der Waals surface area (Å²) in [7, 11) is 0. The Labute approximate surface area is 186 Å². The summed E-state index contributed by atoms with van der Waals surface area (Å²) < 4.78 is 4.99. The molecule has 6 heteroatoms. The maximum Gasteiger partial charge on any atom is 0.354 e. The molecule has 0 aromatic heterocycles. The average molecular weight is 428 g/mol. The molecule has 0 bridgehead atoms. The van der Waals surface area contributed by atoms with E-state index in [-0.39, 0.29) is 24.5 Å². The van der Waals surface area contributed by atoms with Gasteiger partial charge in [0, 0.05) is 11.1 Å². The lowest BCUT2D eigenvalue weighted by Crippen LogP contribution is -2.26. The first kappa shape index (κ1) is 22.6. The second-order valence-corrected chi connectivity index (χ2v) is 7.13. The van der Waals surface area contributed by atoms with Crippen LogP contribution in [0.15, 0.2) is 84.0 Å². The number of rotatable bonds is 8. The van der Waals surface area contributed by atoms with Crippen LogP contribution in [0.25, 0.3) is 11.1 Å². The molecule has 3 aromatic rings. The molecule has 0 saturated heterocycles. The number of aryl methyl sites for hydroxylation is 1. The second kappa shape index (κ2) is 10.8. The van der Waals surface area contributed by atoms with Gasteiger partial charge in [0.2, 0.25) is 0 Å². The highest BCUT2D eigenvalue weighted by Crippen LogP contribution is 2.19. The van der Waals surface area contributed by atoms with Gasteiger partial charge >= 0.3 is 5.97 Å². The molecule has 0 heterocycles. The van der Waals surface area contributed by atoms with Crippen molar-refractivity contribution in [3.05, 3.63) is 95.6 Å². The summed E-state index contributed by atoms with van der Waals surface area (Å²) in [6.45, 7) is 3.71. The lowest BCUT2D eigenvalue weighted by molar-refractivity contribution is -0.135. The molecule has 0 aliphatic rings. The van der Waals surface area contributed by atoms with Crippen LogP contribution in [0.4, 0.5) is 0 Å². The molecule has 32 heavy (non-hydrogen) atoms. The van der Waals surface area contributed by atoms with Crippen molar-refractivity contribution >= 4 is 23.4 Å². The van der Waals surface area contributed by atoms with Gasteiger partial charge in [0.15, 0.2) is 11.5 Å². The van der Waals surface area contributed by atoms with Crippen LogP contribution in [0.5, 0.6) is 0 Å². The number of hydrazone groups is 1. The Hall–Kier alpha value is -4.06. The maximum atomic E-state index is 12.6. The third-order valence-electron chi connectivity index (χ3n) is 4.76. The van der Waals surface area contributed by atoms with Gasteiger partial charge in [-0.1, -0.05) is 72.3 Å². The third kappa shape index (κ3) is 5.98. The predicted octanol–water partition coefficient (Wildman–Crippen LogP) is 4.58. The molecule has 0 unspecified atom stereocenters. The Morgan fingerprint density at radius 1 is 0.812 bits per heavy atom. The molecule has 0 aliphatic heterocycles. The lowest BCUT2D eigenvalue weighted by atomic mass is 10.0. The van der Waals surface area contributed by atoms with E-state index >= 15 is 0 Å². The van der Waals surface area contributed by atoms with Gasteiger partial charge in [-0.2, -0.15) is 5.10 Å². The summed E-state index contributed by atoms with van der Waals surface area (Å²) in [5.74, 6) is -1.53. The molecule has 0 spiro atoms. The number of ketones is 1. The molecule has 6 nitrogen and oxygen atoms in total. The minimum atomic E-state index is -0.743. The van der Waals surface area contributed by atoms with Gasteiger partial charge in [0.25, 0.3) is 5.91 Å². The van der Waals surface area contributed by atoms with E-state index in [2.05, 4.69) is 10.5 Å². The fourth-order valence-corrected chi connectivity index (χ4v) is 2.99. The summed E-state index contributed by atoms with van der Waals surface area (Å²) >= 11 is 0. The van der Waals surface area contributed by atoms with Crippen molar-refractivity contribution in [2.45, 2.75) is 20.3 Å².